The van der Waals surface area contributed by atoms with Crippen LogP contribution in [0.2, 0.25) is 0 Å². The second kappa shape index (κ2) is 6.18. The van der Waals surface area contributed by atoms with Gasteiger partial charge >= 0.3 is 0 Å². The van der Waals surface area contributed by atoms with E-state index < -0.39 is 10.0 Å². The van der Waals surface area contributed by atoms with Gasteiger partial charge in [0.1, 0.15) is 17.3 Å². The summed E-state index contributed by atoms with van der Waals surface area (Å²) in [5.74, 6) is 0.613. The van der Waals surface area contributed by atoms with Crippen LogP contribution in [0.1, 0.15) is 33.0 Å². The molecule has 0 saturated carbocycles. The first-order valence-electron chi connectivity index (χ1n) is 5.67. The molecule has 104 valence electrons. The Bertz CT molecular complexity index is 495. The SMILES string of the molecule is CC(C)CC(C)NS(=O)(=O)c1cc(CO)oc1Br. The molecule has 18 heavy (non-hydrogen) atoms. The average Bonchev–Trinajstić information content (AvgIpc) is 2.58. The fourth-order valence-electron chi connectivity index (χ4n) is 1.74. The molecule has 1 unspecified atom stereocenters. The molecule has 0 aliphatic carbocycles. The van der Waals surface area contributed by atoms with Crippen LogP contribution in [0.3, 0.4) is 0 Å². The van der Waals surface area contributed by atoms with E-state index in [1.807, 2.05) is 20.8 Å². The van der Waals surface area contributed by atoms with Crippen molar-refractivity contribution in [3.05, 3.63) is 16.5 Å². The third-order valence-corrected chi connectivity index (χ3v) is 4.78. The molecule has 0 aliphatic rings. The molecular weight excluding hydrogens is 322 g/mol. The van der Waals surface area contributed by atoms with Crippen molar-refractivity contribution in [2.75, 3.05) is 0 Å². The Hall–Kier alpha value is -0.370. The van der Waals surface area contributed by atoms with Crippen molar-refractivity contribution in [3.63, 3.8) is 0 Å². The van der Waals surface area contributed by atoms with Crippen molar-refractivity contribution < 1.29 is 17.9 Å². The normalized spacial score (nSPS) is 14.1. The van der Waals surface area contributed by atoms with E-state index in [-0.39, 0.29) is 28.0 Å². The molecule has 1 aromatic heterocycles. The Labute approximate surface area is 116 Å². The molecule has 0 amide bonds. The first-order valence-corrected chi connectivity index (χ1v) is 7.95. The highest BCUT2D eigenvalue weighted by Crippen LogP contribution is 2.26. The van der Waals surface area contributed by atoms with Gasteiger partial charge in [-0.1, -0.05) is 13.8 Å². The van der Waals surface area contributed by atoms with E-state index in [0.717, 1.165) is 6.42 Å². The topological polar surface area (TPSA) is 79.5 Å². The molecule has 1 atom stereocenters. The number of aliphatic hydroxyl groups excluding tert-OH is 1. The Balaban J connectivity index is 2.89. The smallest absolute Gasteiger partial charge is 0.245 e. The largest absolute Gasteiger partial charge is 0.450 e. The van der Waals surface area contributed by atoms with Gasteiger partial charge in [0, 0.05) is 12.1 Å². The summed E-state index contributed by atoms with van der Waals surface area (Å²) < 4.78 is 31.9. The molecule has 0 radical (unpaired) electrons. The second-order valence-corrected chi connectivity index (χ2v) is 7.06. The lowest BCUT2D eigenvalue weighted by atomic mass is 10.1. The van der Waals surface area contributed by atoms with Crippen LogP contribution in [0.5, 0.6) is 0 Å². The van der Waals surface area contributed by atoms with E-state index in [1.54, 1.807) is 0 Å². The molecule has 5 nitrogen and oxygen atoms in total. The van der Waals surface area contributed by atoms with Crippen molar-refractivity contribution in [1.82, 2.24) is 4.72 Å². The summed E-state index contributed by atoms with van der Waals surface area (Å²) in [6.07, 6.45) is 0.752. The maximum atomic E-state index is 12.1. The second-order valence-electron chi connectivity index (χ2n) is 4.66. The van der Waals surface area contributed by atoms with E-state index in [2.05, 4.69) is 20.7 Å². The predicted molar refractivity (Wildman–Crippen MR) is 71.6 cm³/mol. The van der Waals surface area contributed by atoms with Crippen LogP contribution in [-0.4, -0.2) is 19.6 Å². The summed E-state index contributed by atoms with van der Waals surface area (Å²) in [6, 6.07) is 1.16. The molecule has 0 bridgehead atoms. The van der Waals surface area contributed by atoms with Crippen molar-refractivity contribution in [2.45, 2.75) is 44.7 Å². The number of rotatable bonds is 6. The molecule has 0 saturated heterocycles. The quantitative estimate of drug-likeness (QED) is 0.832. The molecule has 0 aromatic carbocycles. The lowest BCUT2D eigenvalue weighted by Gasteiger charge is -2.15. The lowest BCUT2D eigenvalue weighted by molar-refractivity contribution is 0.245. The van der Waals surface area contributed by atoms with Crippen LogP contribution in [0.25, 0.3) is 0 Å². The highest BCUT2D eigenvalue weighted by atomic mass is 79.9. The number of nitrogens with one attached hydrogen (secondary N) is 1. The maximum Gasteiger partial charge on any atom is 0.245 e. The van der Waals surface area contributed by atoms with Gasteiger partial charge in [-0.2, -0.15) is 0 Å². The molecule has 7 heteroatoms. The number of furan rings is 1. The average molecular weight is 340 g/mol. The first-order chi connectivity index (χ1) is 8.26. The van der Waals surface area contributed by atoms with Crippen LogP contribution < -0.4 is 4.72 Å². The molecule has 1 aromatic rings. The van der Waals surface area contributed by atoms with Gasteiger partial charge in [0.2, 0.25) is 10.0 Å². The fourth-order valence-corrected chi connectivity index (χ4v) is 4.00. The molecule has 1 rings (SSSR count). The lowest BCUT2D eigenvalue weighted by Crippen LogP contribution is -2.33. The van der Waals surface area contributed by atoms with Gasteiger partial charge in [-0.3, -0.25) is 0 Å². The molecular formula is C11H18BrNO4S. The summed E-state index contributed by atoms with van der Waals surface area (Å²) in [4.78, 5) is 0.0159. The van der Waals surface area contributed by atoms with Crippen molar-refractivity contribution in [2.24, 2.45) is 5.92 Å². The third kappa shape index (κ3) is 4.08. The Morgan fingerprint density at radius 3 is 2.50 bits per heavy atom. The Kier molecular flexibility index (Phi) is 5.39. The van der Waals surface area contributed by atoms with E-state index in [0.29, 0.717) is 5.92 Å². The summed E-state index contributed by atoms with van der Waals surface area (Å²) in [6.45, 7) is 5.54. The molecule has 0 spiro atoms. The minimum Gasteiger partial charge on any atom is -0.450 e. The van der Waals surface area contributed by atoms with E-state index in [9.17, 15) is 8.42 Å². The molecule has 0 fully saturated rings. The van der Waals surface area contributed by atoms with E-state index >= 15 is 0 Å². The zero-order valence-electron chi connectivity index (χ0n) is 10.6. The van der Waals surface area contributed by atoms with Crippen molar-refractivity contribution in [3.8, 4) is 0 Å². The van der Waals surface area contributed by atoms with Crippen LogP contribution >= 0.6 is 15.9 Å². The summed E-state index contributed by atoms with van der Waals surface area (Å²) >= 11 is 3.04. The van der Waals surface area contributed by atoms with Gasteiger partial charge < -0.3 is 9.52 Å². The van der Waals surface area contributed by atoms with Gasteiger partial charge in [0.05, 0.1) is 0 Å². The van der Waals surface area contributed by atoms with Crippen molar-refractivity contribution >= 4 is 26.0 Å². The predicted octanol–water partition coefficient (Wildman–Crippen LogP) is 2.25. The Morgan fingerprint density at radius 2 is 2.06 bits per heavy atom. The van der Waals surface area contributed by atoms with Gasteiger partial charge in [-0.15, -0.1) is 0 Å². The molecule has 2 N–H and O–H groups in total. The molecule has 1 heterocycles. The van der Waals surface area contributed by atoms with Gasteiger partial charge in [0.15, 0.2) is 4.67 Å². The zero-order chi connectivity index (χ0) is 13.9. The van der Waals surface area contributed by atoms with Crippen LogP contribution in [0, 0.1) is 5.92 Å². The standard InChI is InChI=1S/C11H18BrNO4S/c1-7(2)4-8(3)13-18(15,16)10-5-9(6-14)17-11(10)12/h5,7-8,13-14H,4,6H2,1-3H3. The van der Waals surface area contributed by atoms with Crippen LogP contribution in [-0.2, 0) is 16.6 Å². The minimum atomic E-state index is -3.63. The highest BCUT2D eigenvalue weighted by molar-refractivity contribution is 9.10. The van der Waals surface area contributed by atoms with Gasteiger partial charge in [-0.05, 0) is 35.2 Å². The monoisotopic (exact) mass is 339 g/mol. The number of sulfonamides is 1. The van der Waals surface area contributed by atoms with E-state index in [1.165, 1.54) is 6.07 Å². The van der Waals surface area contributed by atoms with Gasteiger partial charge in [0.25, 0.3) is 0 Å². The summed E-state index contributed by atoms with van der Waals surface area (Å²) in [5, 5.41) is 8.91. The number of hydrogen-bond acceptors (Lipinski definition) is 4. The number of halogens is 1. The zero-order valence-corrected chi connectivity index (χ0v) is 13.0. The third-order valence-electron chi connectivity index (χ3n) is 2.33. The van der Waals surface area contributed by atoms with Crippen molar-refractivity contribution in [1.29, 1.82) is 0 Å². The van der Waals surface area contributed by atoms with Gasteiger partial charge in [-0.25, -0.2) is 13.1 Å². The summed E-state index contributed by atoms with van der Waals surface area (Å²) in [7, 11) is -3.63. The first kappa shape index (κ1) is 15.7. The van der Waals surface area contributed by atoms with Crippen LogP contribution in [0.15, 0.2) is 20.0 Å². The minimum absolute atomic E-state index is 0.0159. The number of hydrogen-bond donors (Lipinski definition) is 2. The maximum absolute atomic E-state index is 12.1. The van der Waals surface area contributed by atoms with E-state index in [4.69, 9.17) is 9.52 Å². The Morgan fingerprint density at radius 1 is 1.44 bits per heavy atom. The van der Waals surface area contributed by atoms with Crippen LogP contribution in [0.4, 0.5) is 0 Å². The fraction of sp³-hybridized carbons (Fsp3) is 0.636. The number of aliphatic hydroxyl groups is 1. The summed E-state index contributed by atoms with van der Waals surface area (Å²) in [5.41, 5.74) is 0. The molecule has 0 aliphatic heterocycles. The highest BCUT2D eigenvalue weighted by Gasteiger charge is 2.24.